The Morgan fingerprint density at radius 2 is 1.04 bits per heavy atom. The Morgan fingerprint density at radius 1 is 0.704 bits per heavy atom. The van der Waals surface area contributed by atoms with E-state index in [9.17, 15) is 0 Å². The van der Waals surface area contributed by atoms with Gasteiger partial charge in [-0.3, -0.25) is 0 Å². The zero-order valence-electron chi connectivity index (χ0n) is 20.2. The van der Waals surface area contributed by atoms with Crippen LogP contribution in [0.1, 0.15) is 83.1 Å². The maximum absolute atomic E-state index is 5.18. The van der Waals surface area contributed by atoms with Crippen molar-refractivity contribution in [3.8, 4) is 0 Å². The van der Waals surface area contributed by atoms with Crippen LogP contribution >= 0.6 is 0 Å². The molecule has 0 aromatic carbocycles. The van der Waals surface area contributed by atoms with E-state index in [4.69, 9.17) is 4.43 Å². The van der Waals surface area contributed by atoms with Crippen molar-refractivity contribution in [2.24, 2.45) is 10.8 Å². The van der Waals surface area contributed by atoms with Crippen LogP contribution in [0.3, 0.4) is 0 Å². The Balaban J connectivity index is 0.000000527. The van der Waals surface area contributed by atoms with Crippen LogP contribution in [0.25, 0.3) is 0 Å². The van der Waals surface area contributed by atoms with Gasteiger partial charge in [-0.05, 0) is 13.8 Å². The summed E-state index contributed by atoms with van der Waals surface area (Å²) < 4.78 is 8.78. The average Bonchev–Trinajstić information content (AvgIpc) is 2.80. The van der Waals surface area contributed by atoms with Gasteiger partial charge in [0.25, 0.3) is 0 Å². The van der Waals surface area contributed by atoms with E-state index in [0.29, 0.717) is 6.10 Å². The molecule has 0 atom stereocenters. The summed E-state index contributed by atoms with van der Waals surface area (Å²) in [6, 6.07) is 0. The fourth-order valence-corrected chi connectivity index (χ4v) is 9.73. The summed E-state index contributed by atoms with van der Waals surface area (Å²) >= 11 is -0.730. The van der Waals surface area contributed by atoms with Gasteiger partial charge in [-0.25, -0.2) is 0 Å². The standard InChI is InChI=1S/2C10H15.C4H12OSi.Zr/c2*1-7-6-10(4,5)9(3)8(7)2;1-4(2)5-6-3;/h2*1-5H3;4H,6H2,1-3H3;. The van der Waals surface area contributed by atoms with Crippen LogP contribution < -0.4 is 0 Å². The minimum atomic E-state index is -0.730. The van der Waals surface area contributed by atoms with Gasteiger partial charge < -0.3 is 4.43 Å². The number of rotatable bonds is 4. The maximum Gasteiger partial charge on any atom is 0.158 e. The van der Waals surface area contributed by atoms with E-state index in [1.165, 1.54) is 0 Å². The summed E-state index contributed by atoms with van der Waals surface area (Å²) in [5, 5.41) is 0. The molecule has 1 nitrogen and oxygen atoms in total. The van der Waals surface area contributed by atoms with Crippen molar-refractivity contribution in [1.29, 1.82) is 0 Å². The SMILES string of the molecule is CC1=C(C)C(C)(C)[C]([Zr][C]2=C(C)C(C)=C(C)C2(C)C)=C1C.C[SiH2]OC(C)C. The van der Waals surface area contributed by atoms with Crippen molar-refractivity contribution in [1.82, 2.24) is 0 Å². The van der Waals surface area contributed by atoms with Crippen LogP contribution in [-0.4, -0.2) is 15.9 Å². The molecule has 0 saturated heterocycles. The summed E-state index contributed by atoms with van der Waals surface area (Å²) in [5.74, 6) is 0. The second-order valence-electron chi connectivity index (χ2n) is 9.38. The molecule has 0 bridgehead atoms. The summed E-state index contributed by atoms with van der Waals surface area (Å²) in [7, 11) is -0.133. The van der Waals surface area contributed by atoms with Gasteiger partial charge in [-0.2, -0.15) is 0 Å². The van der Waals surface area contributed by atoms with Crippen molar-refractivity contribution in [2.45, 2.75) is 95.7 Å². The predicted molar refractivity (Wildman–Crippen MR) is 120 cm³/mol. The molecule has 152 valence electrons. The van der Waals surface area contributed by atoms with Crippen LogP contribution in [0.5, 0.6) is 0 Å². The molecule has 0 amide bonds. The molecule has 2 rings (SSSR count). The van der Waals surface area contributed by atoms with Crippen LogP contribution in [0.2, 0.25) is 6.55 Å². The second-order valence-corrected chi connectivity index (χ2v) is 13.4. The summed E-state index contributed by atoms with van der Waals surface area (Å²) in [5.41, 5.74) is 10.0. The normalized spacial score (nSPS) is 21.9. The van der Waals surface area contributed by atoms with Gasteiger partial charge in [0.15, 0.2) is 9.76 Å². The Morgan fingerprint density at radius 3 is 1.19 bits per heavy atom. The van der Waals surface area contributed by atoms with Crippen molar-refractivity contribution in [3.63, 3.8) is 0 Å². The third-order valence-electron chi connectivity index (χ3n) is 6.88. The van der Waals surface area contributed by atoms with Gasteiger partial charge >= 0.3 is 143 Å². The molecule has 0 N–H and O–H groups in total. The van der Waals surface area contributed by atoms with E-state index in [2.05, 4.69) is 89.6 Å². The van der Waals surface area contributed by atoms with E-state index < -0.39 is 23.2 Å². The monoisotopic (exact) mass is 464 g/mol. The predicted octanol–water partition coefficient (Wildman–Crippen LogP) is 6.91. The zero-order chi connectivity index (χ0) is 21.3. The van der Waals surface area contributed by atoms with Gasteiger partial charge in [0, 0.05) is 6.10 Å². The first-order valence-electron chi connectivity index (χ1n) is 10.4. The number of allylic oxidation sites excluding steroid dienone is 8. The minimum Gasteiger partial charge on any atom is -0.422 e. The van der Waals surface area contributed by atoms with Gasteiger partial charge in [0.1, 0.15) is 0 Å². The molecule has 0 spiro atoms. The molecular weight excluding hydrogens is 424 g/mol. The largest absolute Gasteiger partial charge is 0.422 e. The molecule has 27 heavy (non-hydrogen) atoms. The van der Waals surface area contributed by atoms with Crippen molar-refractivity contribution in [3.05, 3.63) is 40.0 Å². The molecule has 2 aliphatic carbocycles. The molecule has 0 saturated carbocycles. The summed E-state index contributed by atoms with van der Waals surface area (Å²) in [6.07, 6.45) is 0.460. The molecule has 3 heteroatoms. The van der Waals surface area contributed by atoms with Crippen LogP contribution in [-0.2, 0) is 27.7 Å². The van der Waals surface area contributed by atoms with Gasteiger partial charge in [-0.15, -0.1) is 0 Å². The van der Waals surface area contributed by atoms with E-state index in [1.54, 1.807) is 40.0 Å². The Hall–Kier alpha value is 0.0200. The number of hydrogen-bond acceptors (Lipinski definition) is 1. The first-order chi connectivity index (χ1) is 12.2. The van der Waals surface area contributed by atoms with Crippen molar-refractivity contribution < 1.29 is 27.7 Å². The Bertz CT molecular complexity index is 659. The van der Waals surface area contributed by atoms with E-state index in [0.717, 1.165) is 0 Å². The van der Waals surface area contributed by atoms with Gasteiger partial charge in [0.2, 0.25) is 0 Å². The fourth-order valence-electron chi connectivity index (χ4n) is 4.15. The Kier molecular flexibility index (Phi) is 8.56. The molecule has 0 aromatic rings. The van der Waals surface area contributed by atoms with Crippen molar-refractivity contribution in [2.75, 3.05) is 0 Å². The maximum atomic E-state index is 5.18. The van der Waals surface area contributed by atoms with Crippen LogP contribution in [0.4, 0.5) is 0 Å². The first-order valence-corrected chi connectivity index (χ1v) is 14.8. The zero-order valence-corrected chi connectivity index (χ0v) is 24.1. The second kappa shape index (κ2) is 9.23. The quantitative estimate of drug-likeness (QED) is 0.410. The molecule has 0 aliphatic heterocycles. The van der Waals surface area contributed by atoms with Gasteiger partial charge in [0.05, 0.1) is 0 Å². The summed E-state index contributed by atoms with van der Waals surface area (Å²) in [6.45, 7) is 30.0. The minimum absolute atomic E-state index is 0.133. The average molecular weight is 466 g/mol. The molecule has 0 radical (unpaired) electrons. The van der Waals surface area contributed by atoms with Crippen molar-refractivity contribution >= 4 is 9.76 Å². The van der Waals surface area contributed by atoms with E-state index in [-0.39, 0.29) is 20.6 Å². The van der Waals surface area contributed by atoms with Gasteiger partial charge in [-0.1, -0.05) is 6.55 Å². The third kappa shape index (κ3) is 4.96. The molecule has 2 aliphatic rings. The third-order valence-corrected chi connectivity index (χ3v) is 14.0. The molecule has 0 unspecified atom stereocenters. The number of hydrogen-bond donors (Lipinski definition) is 0. The molecule has 0 aromatic heterocycles. The smallest absolute Gasteiger partial charge is 0.158 e. The summed E-state index contributed by atoms with van der Waals surface area (Å²) in [4.78, 5) is 0. The molecular formula is C24H42OSiZr. The molecule has 0 fully saturated rings. The van der Waals surface area contributed by atoms with E-state index >= 15 is 0 Å². The molecule has 0 heterocycles. The topological polar surface area (TPSA) is 9.23 Å². The first kappa shape index (κ1) is 25.1. The van der Waals surface area contributed by atoms with Crippen LogP contribution in [0, 0.1) is 10.8 Å². The van der Waals surface area contributed by atoms with Crippen LogP contribution in [0.15, 0.2) is 40.0 Å². The van der Waals surface area contributed by atoms with E-state index in [1.807, 2.05) is 0 Å². The Labute approximate surface area is 183 Å². The fraction of sp³-hybridized carbons (Fsp3) is 0.667.